The number of hydrogen-bond donors (Lipinski definition) is 0. The van der Waals surface area contributed by atoms with Crippen molar-refractivity contribution in [3.63, 3.8) is 0 Å². The molecule has 0 saturated carbocycles. The monoisotopic (exact) mass is 281 g/mol. The molecule has 2 aliphatic rings. The molecule has 2 aliphatic heterocycles. The second-order valence-electron chi connectivity index (χ2n) is 6.59. The van der Waals surface area contributed by atoms with Crippen molar-refractivity contribution in [2.45, 2.75) is 46.1 Å². The van der Waals surface area contributed by atoms with Crippen LogP contribution in [0.5, 0.6) is 0 Å². The predicted molar refractivity (Wildman–Crippen MR) is 82.7 cm³/mol. The third-order valence-electron chi connectivity index (χ3n) is 5.01. The summed E-state index contributed by atoms with van der Waals surface area (Å²) in [5, 5.41) is 0. The highest BCUT2D eigenvalue weighted by atomic mass is 16.2. The van der Waals surface area contributed by atoms with Crippen molar-refractivity contribution in [1.82, 2.24) is 14.7 Å². The van der Waals surface area contributed by atoms with Crippen LogP contribution in [-0.2, 0) is 4.79 Å². The standard InChI is InChI=1S/C16H31N3O/c1-4-17-7-5-15(6-8-17)13-16(20)19-11-9-18(10-12-19)14(2)3/h14-15H,4-13H2,1-3H3. The van der Waals surface area contributed by atoms with Crippen molar-refractivity contribution in [3.8, 4) is 0 Å². The molecule has 20 heavy (non-hydrogen) atoms. The van der Waals surface area contributed by atoms with Crippen molar-refractivity contribution in [3.05, 3.63) is 0 Å². The lowest BCUT2D eigenvalue weighted by Crippen LogP contribution is -2.51. The topological polar surface area (TPSA) is 26.8 Å². The van der Waals surface area contributed by atoms with E-state index in [2.05, 4.69) is 35.5 Å². The number of nitrogens with zero attached hydrogens (tertiary/aromatic N) is 3. The van der Waals surface area contributed by atoms with Crippen LogP contribution in [0.2, 0.25) is 0 Å². The van der Waals surface area contributed by atoms with Crippen LogP contribution in [0.4, 0.5) is 0 Å². The van der Waals surface area contributed by atoms with Gasteiger partial charge in [0.2, 0.25) is 5.91 Å². The molecule has 2 fully saturated rings. The molecule has 0 aromatic rings. The number of rotatable bonds is 4. The van der Waals surface area contributed by atoms with E-state index < -0.39 is 0 Å². The lowest BCUT2D eigenvalue weighted by Gasteiger charge is -2.38. The molecule has 2 saturated heterocycles. The lowest BCUT2D eigenvalue weighted by molar-refractivity contribution is -0.134. The van der Waals surface area contributed by atoms with E-state index in [0.717, 1.165) is 39.1 Å². The summed E-state index contributed by atoms with van der Waals surface area (Å²) in [6, 6.07) is 0.602. The first-order valence-corrected chi connectivity index (χ1v) is 8.34. The predicted octanol–water partition coefficient (Wildman–Crippen LogP) is 1.66. The molecule has 1 amide bonds. The molecule has 0 aromatic carbocycles. The molecule has 4 nitrogen and oxygen atoms in total. The van der Waals surface area contributed by atoms with E-state index in [-0.39, 0.29) is 0 Å². The van der Waals surface area contributed by atoms with Gasteiger partial charge in [0, 0.05) is 38.6 Å². The van der Waals surface area contributed by atoms with Gasteiger partial charge < -0.3 is 9.80 Å². The summed E-state index contributed by atoms with van der Waals surface area (Å²) in [4.78, 5) is 19.4. The molecule has 2 heterocycles. The first-order chi connectivity index (χ1) is 9.60. The zero-order valence-electron chi connectivity index (χ0n) is 13.5. The summed E-state index contributed by atoms with van der Waals surface area (Å²) >= 11 is 0. The highest BCUT2D eigenvalue weighted by Crippen LogP contribution is 2.21. The van der Waals surface area contributed by atoms with E-state index >= 15 is 0 Å². The molecule has 0 atom stereocenters. The van der Waals surface area contributed by atoms with E-state index in [1.165, 1.54) is 25.9 Å². The molecule has 0 radical (unpaired) electrons. The number of carbonyl (C=O) groups excluding carboxylic acids is 1. The van der Waals surface area contributed by atoms with Gasteiger partial charge >= 0.3 is 0 Å². The number of likely N-dealkylation sites (tertiary alicyclic amines) is 1. The second kappa shape index (κ2) is 7.41. The van der Waals surface area contributed by atoms with Gasteiger partial charge in [0.25, 0.3) is 0 Å². The van der Waals surface area contributed by atoms with Crippen LogP contribution in [-0.4, -0.2) is 72.5 Å². The molecule has 2 rings (SSSR count). The molecular formula is C16H31N3O. The van der Waals surface area contributed by atoms with Gasteiger partial charge in [-0.05, 0) is 52.2 Å². The van der Waals surface area contributed by atoms with Crippen molar-refractivity contribution in [2.24, 2.45) is 5.92 Å². The summed E-state index contributed by atoms with van der Waals surface area (Å²) in [7, 11) is 0. The number of piperidine rings is 1. The molecular weight excluding hydrogens is 250 g/mol. The Morgan fingerprint density at radius 2 is 1.65 bits per heavy atom. The Balaban J connectivity index is 1.71. The average molecular weight is 281 g/mol. The van der Waals surface area contributed by atoms with Gasteiger partial charge in [0.05, 0.1) is 0 Å². The number of hydrogen-bond acceptors (Lipinski definition) is 3. The van der Waals surface area contributed by atoms with Crippen molar-refractivity contribution in [1.29, 1.82) is 0 Å². The minimum Gasteiger partial charge on any atom is -0.340 e. The molecule has 4 heteroatoms. The van der Waals surface area contributed by atoms with E-state index in [1.807, 2.05) is 0 Å². The third-order valence-corrected chi connectivity index (χ3v) is 5.01. The van der Waals surface area contributed by atoms with Crippen LogP contribution in [0.25, 0.3) is 0 Å². The van der Waals surface area contributed by atoms with E-state index in [4.69, 9.17) is 0 Å². The Labute approximate surface area is 124 Å². The minimum absolute atomic E-state index is 0.392. The van der Waals surface area contributed by atoms with Gasteiger partial charge in [-0.1, -0.05) is 6.92 Å². The fourth-order valence-electron chi connectivity index (χ4n) is 3.37. The maximum atomic E-state index is 12.4. The summed E-state index contributed by atoms with van der Waals surface area (Å²) in [6.45, 7) is 14.1. The first-order valence-electron chi connectivity index (χ1n) is 8.34. The smallest absolute Gasteiger partial charge is 0.222 e. The Bertz CT molecular complexity index is 303. The van der Waals surface area contributed by atoms with Crippen LogP contribution >= 0.6 is 0 Å². The zero-order chi connectivity index (χ0) is 14.5. The van der Waals surface area contributed by atoms with Gasteiger partial charge in [0.15, 0.2) is 0 Å². The summed E-state index contributed by atoms with van der Waals surface area (Å²) in [6.07, 6.45) is 3.18. The minimum atomic E-state index is 0.392. The normalized spacial score (nSPS) is 23.5. The highest BCUT2D eigenvalue weighted by Gasteiger charge is 2.26. The average Bonchev–Trinajstić information content (AvgIpc) is 2.48. The Hall–Kier alpha value is -0.610. The number of piperazine rings is 1. The highest BCUT2D eigenvalue weighted by molar-refractivity contribution is 5.76. The van der Waals surface area contributed by atoms with Crippen LogP contribution < -0.4 is 0 Å². The lowest BCUT2D eigenvalue weighted by atomic mass is 9.93. The Morgan fingerprint density at radius 3 is 2.15 bits per heavy atom. The molecule has 0 aromatic heterocycles. The quantitative estimate of drug-likeness (QED) is 0.784. The maximum Gasteiger partial charge on any atom is 0.222 e. The van der Waals surface area contributed by atoms with Crippen LogP contribution in [0, 0.1) is 5.92 Å². The van der Waals surface area contributed by atoms with Crippen molar-refractivity contribution >= 4 is 5.91 Å². The fraction of sp³-hybridized carbons (Fsp3) is 0.938. The molecule has 116 valence electrons. The van der Waals surface area contributed by atoms with Crippen molar-refractivity contribution < 1.29 is 4.79 Å². The van der Waals surface area contributed by atoms with Gasteiger partial charge in [-0.25, -0.2) is 0 Å². The maximum absolute atomic E-state index is 12.4. The van der Waals surface area contributed by atoms with E-state index in [0.29, 0.717) is 17.9 Å². The van der Waals surface area contributed by atoms with Crippen molar-refractivity contribution in [2.75, 3.05) is 45.8 Å². The molecule has 0 N–H and O–H groups in total. The number of amides is 1. The molecule has 0 unspecified atom stereocenters. The summed E-state index contributed by atoms with van der Waals surface area (Å²) < 4.78 is 0. The van der Waals surface area contributed by atoms with Gasteiger partial charge in [-0.15, -0.1) is 0 Å². The summed E-state index contributed by atoms with van der Waals surface area (Å²) in [5.41, 5.74) is 0. The molecule has 0 aliphatic carbocycles. The summed E-state index contributed by atoms with van der Waals surface area (Å²) in [5.74, 6) is 1.01. The largest absolute Gasteiger partial charge is 0.340 e. The van der Waals surface area contributed by atoms with Gasteiger partial charge in [0.1, 0.15) is 0 Å². The Morgan fingerprint density at radius 1 is 1.05 bits per heavy atom. The molecule has 0 spiro atoms. The van der Waals surface area contributed by atoms with Crippen LogP contribution in [0.15, 0.2) is 0 Å². The second-order valence-corrected chi connectivity index (χ2v) is 6.59. The van der Waals surface area contributed by atoms with Crippen LogP contribution in [0.3, 0.4) is 0 Å². The van der Waals surface area contributed by atoms with Gasteiger partial charge in [-0.2, -0.15) is 0 Å². The van der Waals surface area contributed by atoms with E-state index in [9.17, 15) is 4.79 Å². The number of carbonyl (C=O) groups is 1. The Kier molecular flexibility index (Phi) is 5.85. The van der Waals surface area contributed by atoms with Crippen LogP contribution in [0.1, 0.15) is 40.0 Å². The van der Waals surface area contributed by atoms with Gasteiger partial charge in [-0.3, -0.25) is 9.69 Å². The SMILES string of the molecule is CCN1CCC(CC(=O)N2CCN(C(C)C)CC2)CC1. The first kappa shape index (κ1) is 15.8. The fourth-order valence-corrected chi connectivity index (χ4v) is 3.37. The third kappa shape index (κ3) is 4.19. The molecule has 0 bridgehead atoms. The van der Waals surface area contributed by atoms with E-state index in [1.54, 1.807) is 0 Å². The zero-order valence-corrected chi connectivity index (χ0v) is 13.5.